The lowest BCUT2D eigenvalue weighted by atomic mass is 10.1. The van der Waals surface area contributed by atoms with Crippen molar-refractivity contribution in [1.29, 1.82) is 0 Å². The number of aryl methyl sites for hydroxylation is 1. The summed E-state index contributed by atoms with van der Waals surface area (Å²) in [5.41, 5.74) is 3.25. The van der Waals surface area contributed by atoms with E-state index < -0.39 is 0 Å². The molecule has 5 rings (SSSR count). The minimum atomic E-state index is -0.355. The van der Waals surface area contributed by atoms with Gasteiger partial charge in [-0.25, -0.2) is 9.67 Å². The number of ether oxygens (including phenoxy) is 2. The van der Waals surface area contributed by atoms with Gasteiger partial charge in [0.1, 0.15) is 10.7 Å². The van der Waals surface area contributed by atoms with Crippen LogP contribution in [-0.4, -0.2) is 27.5 Å². The van der Waals surface area contributed by atoms with E-state index in [2.05, 4.69) is 15.4 Å². The van der Waals surface area contributed by atoms with E-state index in [4.69, 9.17) is 21.1 Å². The summed E-state index contributed by atoms with van der Waals surface area (Å²) in [5.74, 6) is 1.04. The van der Waals surface area contributed by atoms with Crippen LogP contribution < -0.4 is 14.8 Å². The molecule has 0 saturated carbocycles. The lowest BCUT2D eigenvalue weighted by Gasteiger charge is -2.04. The summed E-state index contributed by atoms with van der Waals surface area (Å²) in [7, 11) is 0. The van der Waals surface area contributed by atoms with Gasteiger partial charge < -0.3 is 9.47 Å². The molecule has 0 unspecified atom stereocenters. The number of amides is 1. The highest BCUT2D eigenvalue weighted by Crippen LogP contribution is 2.36. The largest absolute Gasteiger partial charge is 0.454 e. The predicted molar refractivity (Wildman–Crippen MR) is 115 cm³/mol. The fraction of sp³-hybridized carbons (Fsp3) is 0.0952. The molecule has 150 valence electrons. The molecular weight excluding hydrogens is 424 g/mol. The molecule has 30 heavy (non-hydrogen) atoms. The molecule has 4 aromatic rings. The smallest absolute Gasteiger partial charge is 0.262 e. The van der Waals surface area contributed by atoms with E-state index in [9.17, 15) is 4.79 Å². The van der Waals surface area contributed by atoms with Crippen LogP contribution in [0, 0.1) is 6.92 Å². The minimum Gasteiger partial charge on any atom is -0.454 e. The van der Waals surface area contributed by atoms with Crippen molar-refractivity contribution in [3.63, 3.8) is 0 Å². The third-order valence-electron chi connectivity index (χ3n) is 4.62. The van der Waals surface area contributed by atoms with E-state index in [1.165, 1.54) is 11.3 Å². The molecule has 2 aromatic heterocycles. The predicted octanol–water partition coefficient (Wildman–Crippen LogP) is 4.94. The van der Waals surface area contributed by atoms with Crippen molar-refractivity contribution in [2.24, 2.45) is 0 Å². The molecule has 0 saturated heterocycles. The SMILES string of the molecule is Cc1nn(-c2ccccc2)c(Cl)c1C(=O)Nc1nc(-c2ccc3c(c2)OCO3)cs1. The van der Waals surface area contributed by atoms with Crippen LogP contribution in [0.4, 0.5) is 5.13 Å². The second-order valence-corrected chi connectivity index (χ2v) is 7.77. The van der Waals surface area contributed by atoms with Crippen molar-refractivity contribution in [3.8, 4) is 28.4 Å². The van der Waals surface area contributed by atoms with Crippen LogP contribution in [0.3, 0.4) is 0 Å². The maximum absolute atomic E-state index is 12.9. The number of nitrogens with one attached hydrogen (secondary N) is 1. The van der Waals surface area contributed by atoms with Crippen LogP contribution in [-0.2, 0) is 0 Å². The Balaban J connectivity index is 1.39. The number of hydrogen-bond donors (Lipinski definition) is 1. The number of aromatic nitrogens is 3. The average Bonchev–Trinajstić information content (AvgIpc) is 3.47. The fourth-order valence-corrected chi connectivity index (χ4v) is 4.25. The van der Waals surface area contributed by atoms with Crippen molar-refractivity contribution < 1.29 is 14.3 Å². The zero-order valence-electron chi connectivity index (χ0n) is 15.8. The normalized spacial score (nSPS) is 12.2. The molecule has 3 heterocycles. The number of halogens is 1. The van der Waals surface area contributed by atoms with Gasteiger partial charge >= 0.3 is 0 Å². The summed E-state index contributed by atoms with van der Waals surface area (Å²) in [5, 5.41) is 9.82. The van der Waals surface area contributed by atoms with Gasteiger partial charge in [0.25, 0.3) is 5.91 Å². The van der Waals surface area contributed by atoms with Gasteiger partial charge in [-0.05, 0) is 37.3 Å². The Kier molecular flexibility index (Phi) is 4.65. The number of benzene rings is 2. The van der Waals surface area contributed by atoms with Gasteiger partial charge in [0.05, 0.1) is 17.1 Å². The van der Waals surface area contributed by atoms with Gasteiger partial charge in [-0.3, -0.25) is 10.1 Å². The Morgan fingerprint density at radius 1 is 1.17 bits per heavy atom. The van der Waals surface area contributed by atoms with Crippen LogP contribution in [0.1, 0.15) is 16.1 Å². The first-order valence-electron chi connectivity index (χ1n) is 9.07. The monoisotopic (exact) mass is 438 g/mol. The van der Waals surface area contributed by atoms with Crippen molar-refractivity contribution in [2.75, 3.05) is 12.1 Å². The minimum absolute atomic E-state index is 0.216. The van der Waals surface area contributed by atoms with Gasteiger partial charge in [0, 0.05) is 10.9 Å². The van der Waals surface area contributed by atoms with E-state index in [-0.39, 0.29) is 17.9 Å². The standard InChI is InChI=1S/C21H15ClN4O3S/c1-12-18(19(22)26(25-12)14-5-3-2-4-6-14)20(27)24-21-23-15(10-30-21)13-7-8-16-17(9-13)29-11-28-16/h2-10H,11H2,1H3,(H,23,24,27). The zero-order chi connectivity index (χ0) is 20.7. The van der Waals surface area contributed by atoms with Gasteiger partial charge in [-0.1, -0.05) is 29.8 Å². The van der Waals surface area contributed by atoms with Gasteiger partial charge in [0.2, 0.25) is 6.79 Å². The maximum Gasteiger partial charge on any atom is 0.262 e. The first kappa shape index (κ1) is 18.7. The summed E-state index contributed by atoms with van der Waals surface area (Å²) in [4.78, 5) is 17.4. The van der Waals surface area contributed by atoms with Crippen molar-refractivity contribution in [2.45, 2.75) is 6.92 Å². The Morgan fingerprint density at radius 3 is 2.80 bits per heavy atom. The number of carbonyl (C=O) groups excluding carboxylic acids is 1. The molecule has 9 heteroatoms. The molecule has 1 aliphatic rings. The van der Waals surface area contributed by atoms with Crippen LogP contribution in [0.15, 0.2) is 53.9 Å². The number of rotatable bonds is 4. The molecule has 1 amide bonds. The first-order chi connectivity index (χ1) is 14.6. The topological polar surface area (TPSA) is 78.3 Å². The van der Waals surface area contributed by atoms with Crippen LogP contribution in [0.2, 0.25) is 5.15 Å². The van der Waals surface area contributed by atoms with Crippen molar-refractivity contribution in [3.05, 3.63) is 70.3 Å². The number of nitrogens with zero attached hydrogens (tertiary/aromatic N) is 3. The average molecular weight is 439 g/mol. The van der Waals surface area contributed by atoms with E-state index in [0.29, 0.717) is 27.9 Å². The van der Waals surface area contributed by atoms with Gasteiger partial charge in [-0.15, -0.1) is 11.3 Å². The molecule has 1 aliphatic heterocycles. The number of fused-ring (bicyclic) bond motifs is 1. The molecule has 0 radical (unpaired) electrons. The van der Waals surface area contributed by atoms with Crippen LogP contribution in [0.25, 0.3) is 16.9 Å². The lowest BCUT2D eigenvalue weighted by molar-refractivity contribution is 0.102. The Bertz CT molecular complexity index is 1250. The third-order valence-corrected chi connectivity index (χ3v) is 5.73. The molecule has 0 fully saturated rings. The Hall–Kier alpha value is -3.36. The fourth-order valence-electron chi connectivity index (χ4n) is 3.18. The van der Waals surface area contributed by atoms with E-state index in [1.54, 1.807) is 11.6 Å². The molecule has 7 nitrogen and oxygen atoms in total. The molecule has 0 atom stereocenters. The maximum atomic E-state index is 12.9. The summed E-state index contributed by atoms with van der Waals surface area (Å²) >= 11 is 7.81. The molecule has 0 bridgehead atoms. The van der Waals surface area contributed by atoms with Crippen LogP contribution >= 0.6 is 22.9 Å². The number of carbonyl (C=O) groups is 1. The molecule has 0 spiro atoms. The molecule has 2 aromatic carbocycles. The highest BCUT2D eigenvalue weighted by molar-refractivity contribution is 7.14. The second-order valence-electron chi connectivity index (χ2n) is 6.56. The summed E-state index contributed by atoms with van der Waals surface area (Å²) in [6.45, 7) is 1.97. The van der Waals surface area contributed by atoms with Gasteiger partial charge in [-0.2, -0.15) is 5.10 Å². The van der Waals surface area contributed by atoms with E-state index >= 15 is 0 Å². The van der Waals surface area contributed by atoms with E-state index in [1.807, 2.05) is 53.9 Å². The quantitative estimate of drug-likeness (QED) is 0.488. The van der Waals surface area contributed by atoms with Crippen molar-refractivity contribution >= 4 is 34.0 Å². The number of para-hydroxylation sites is 1. The highest BCUT2D eigenvalue weighted by atomic mass is 35.5. The summed E-state index contributed by atoms with van der Waals surface area (Å²) in [6.07, 6.45) is 0. The lowest BCUT2D eigenvalue weighted by Crippen LogP contribution is -2.13. The Labute approximate surface area is 180 Å². The van der Waals surface area contributed by atoms with Crippen LogP contribution in [0.5, 0.6) is 11.5 Å². The molecule has 0 aliphatic carbocycles. The van der Waals surface area contributed by atoms with Crippen molar-refractivity contribution in [1.82, 2.24) is 14.8 Å². The second kappa shape index (κ2) is 7.47. The number of hydrogen-bond acceptors (Lipinski definition) is 6. The molecular formula is C21H15ClN4O3S. The van der Waals surface area contributed by atoms with E-state index in [0.717, 1.165) is 16.9 Å². The highest BCUT2D eigenvalue weighted by Gasteiger charge is 2.22. The molecule has 1 N–H and O–H groups in total. The number of anilines is 1. The summed E-state index contributed by atoms with van der Waals surface area (Å²) in [6, 6.07) is 15.0. The number of thiazole rings is 1. The first-order valence-corrected chi connectivity index (χ1v) is 10.3. The summed E-state index contributed by atoms with van der Waals surface area (Å²) < 4.78 is 12.3. The third kappa shape index (κ3) is 3.30. The zero-order valence-corrected chi connectivity index (χ0v) is 17.3. The van der Waals surface area contributed by atoms with Gasteiger partial charge in [0.15, 0.2) is 16.6 Å². The Morgan fingerprint density at radius 2 is 1.97 bits per heavy atom.